The maximum absolute atomic E-state index is 10.8. The largest absolute Gasteiger partial charge is 0.481 e. The predicted octanol–water partition coefficient (Wildman–Crippen LogP) is 1.58. The first kappa shape index (κ1) is 12.5. The number of carbonyl (C=O) groups is 1. The first-order chi connectivity index (χ1) is 7.27. The number of hydrogen-bond acceptors (Lipinski definition) is 3. The van der Waals surface area contributed by atoms with Crippen molar-refractivity contribution in [1.29, 1.82) is 0 Å². The molecule has 0 radical (unpaired) electrons. The second-order valence-corrected chi connectivity index (χ2v) is 4.73. The molecule has 0 atom stereocenters. The van der Waals surface area contributed by atoms with Gasteiger partial charge in [0.25, 0.3) is 0 Å². The lowest BCUT2D eigenvalue weighted by molar-refractivity contribution is -0.136. The van der Waals surface area contributed by atoms with E-state index in [0.717, 1.165) is 0 Å². The zero-order chi connectivity index (χ0) is 12.5. The van der Waals surface area contributed by atoms with Gasteiger partial charge in [-0.25, -0.2) is 4.68 Å². The summed E-state index contributed by atoms with van der Waals surface area (Å²) in [5.41, 5.74) is 1.12. The van der Waals surface area contributed by atoms with E-state index >= 15 is 0 Å². The van der Waals surface area contributed by atoms with Crippen LogP contribution in [0.25, 0.3) is 0 Å². The summed E-state index contributed by atoms with van der Waals surface area (Å²) in [6.45, 7) is 7.77. The van der Waals surface area contributed by atoms with E-state index in [1.807, 2.05) is 20.8 Å². The minimum atomic E-state index is -0.880. The molecule has 0 amide bonds. The smallest absolute Gasteiger partial charge is 0.308 e. The molecule has 1 N–H and O–H groups in total. The molecule has 0 aromatic carbocycles. The van der Waals surface area contributed by atoms with Crippen LogP contribution in [0.5, 0.6) is 5.88 Å². The average Bonchev–Trinajstić information content (AvgIpc) is 2.42. The van der Waals surface area contributed by atoms with Gasteiger partial charge in [-0.3, -0.25) is 4.79 Å². The van der Waals surface area contributed by atoms with Crippen LogP contribution in [0.3, 0.4) is 0 Å². The number of aliphatic carboxylic acids is 1. The Morgan fingerprint density at radius 1 is 1.50 bits per heavy atom. The van der Waals surface area contributed by atoms with Gasteiger partial charge in [0, 0.05) is 5.56 Å². The molecule has 0 saturated heterocycles. The third-order valence-electron chi connectivity index (χ3n) is 2.29. The fourth-order valence-electron chi connectivity index (χ4n) is 1.56. The fraction of sp³-hybridized carbons (Fsp3) is 0.636. The number of rotatable bonds is 3. The van der Waals surface area contributed by atoms with Crippen LogP contribution in [-0.2, 0) is 16.8 Å². The highest BCUT2D eigenvalue weighted by molar-refractivity contribution is 5.71. The summed E-state index contributed by atoms with van der Waals surface area (Å²) in [7, 11) is 1.53. The third-order valence-corrected chi connectivity index (χ3v) is 2.29. The van der Waals surface area contributed by atoms with Crippen molar-refractivity contribution in [2.24, 2.45) is 0 Å². The molecule has 0 aliphatic carbocycles. The number of carboxylic acids is 1. The number of aryl methyl sites for hydroxylation is 1. The summed E-state index contributed by atoms with van der Waals surface area (Å²) in [5.74, 6) is -0.345. The van der Waals surface area contributed by atoms with Crippen molar-refractivity contribution in [1.82, 2.24) is 9.78 Å². The molecule has 0 saturated carbocycles. The zero-order valence-corrected chi connectivity index (χ0v) is 10.4. The molecular formula is C11H18N2O3. The highest BCUT2D eigenvalue weighted by atomic mass is 16.5. The van der Waals surface area contributed by atoms with Crippen molar-refractivity contribution < 1.29 is 14.6 Å². The van der Waals surface area contributed by atoms with Crippen molar-refractivity contribution in [3.05, 3.63) is 11.3 Å². The summed E-state index contributed by atoms with van der Waals surface area (Å²) in [4.78, 5) is 10.8. The van der Waals surface area contributed by atoms with Gasteiger partial charge in [-0.1, -0.05) is 0 Å². The number of methoxy groups -OCH3 is 1. The molecule has 0 spiro atoms. The maximum Gasteiger partial charge on any atom is 0.308 e. The molecular weight excluding hydrogens is 208 g/mol. The number of nitrogens with zero attached hydrogens (tertiary/aromatic N) is 2. The monoisotopic (exact) mass is 226 g/mol. The normalized spacial score (nSPS) is 11.6. The van der Waals surface area contributed by atoms with Gasteiger partial charge in [-0.15, -0.1) is 0 Å². The summed E-state index contributed by atoms with van der Waals surface area (Å²) >= 11 is 0. The lowest BCUT2D eigenvalue weighted by Crippen LogP contribution is -2.24. The van der Waals surface area contributed by atoms with Crippen molar-refractivity contribution in [2.45, 2.75) is 39.7 Å². The minimum absolute atomic E-state index is 0.0644. The standard InChI is InChI=1S/C11H18N2O3/c1-7-8(6-9(14)15)10(16-5)13(12-7)11(2,3)4/h6H2,1-5H3,(H,14,15). The lowest BCUT2D eigenvalue weighted by atomic mass is 10.1. The molecule has 1 aromatic heterocycles. The van der Waals surface area contributed by atoms with Gasteiger partial charge in [-0.05, 0) is 27.7 Å². The summed E-state index contributed by atoms with van der Waals surface area (Å²) in [6, 6.07) is 0. The molecule has 0 unspecified atom stereocenters. The highest BCUT2D eigenvalue weighted by Crippen LogP contribution is 2.28. The van der Waals surface area contributed by atoms with E-state index < -0.39 is 5.97 Å². The minimum Gasteiger partial charge on any atom is -0.481 e. The van der Waals surface area contributed by atoms with Gasteiger partial charge < -0.3 is 9.84 Å². The van der Waals surface area contributed by atoms with Crippen LogP contribution in [0.1, 0.15) is 32.0 Å². The Kier molecular flexibility index (Phi) is 3.26. The van der Waals surface area contributed by atoms with Crippen LogP contribution < -0.4 is 4.74 Å². The lowest BCUT2D eigenvalue weighted by Gasteiger charge is -2.21. The molecule has 1 heterocycles. The fourth-order valence-corrected chi connectivity index (χ4v) is 1.56. The molecule has 90 valence electrons. The quantitative estimate of drug-likeness (QED) is 0.849. The Bertz CT molecular complexity index is 402. The number of carboxylic acid groups (broad SMARTS) is 1. The Morgan fingerprint density at radius 3 is 2.44 bits per heavy atom. The maximum atomic E-state index is 10.8. The van der Waals surface area contributed by atoms with Crippen molar-refractivity contribution >= 4 is 5.97 Å². The summed E-state index contributed by atoms with van der Waals surface area (Å²) < 4.78 is 6.98. The van der Waals surface area contributed by atoms with Crippen molar-refractivity contribution in [2.75, 3.05) is 7.11 Å². The Labute approximate surface area is 95.0 Å². The van der Waals surface area contributed by atoms with E-state index in [0.29, 0.717) is 17.1 Å². The molecule has 16 heavy (non-hydrogen) atoms. The third kappa shape index (κ3) is 2.35. The van der Waals surface area contributed by atoms with Crippen molar-refractivity contribution in [3.8, 4) is 5.88 Å². The van der Waals surface area contributed by atoms with Gasteiger partial charge in [0.05, 0.1) is 24.8 Å². The second-order valence-electron chi connectivity index (χ2n) is 4.73. The molecule has 5 nitrogen and oxygen atoms in total. The number of aromatic nitrogens is 2. The molecule has 0 bridgehead atoms. The first-order valence-corrected chi connectivity index (χ1v) is 5.12. The van der Waals surface area contributed by atoms with Crippen LogP contribution in [0.15, 0.2) is 0 Å². The zero-order valence-electron chi connectivity index (χ0n) is 10.4. The van der Waals surface area contributed by atoms with Crippen LogP contribution in [0, 0.1) is 6.92 Å². The van der Waals surface area contributed by atoms with Crippen LogP contribution in [-0.4, -0.2) is 28.0 Å². The van der Waals surface area contributed by atoms with Gasteiger partial charge in [0.2, 0.25) is 5.88 Å². The molecule has 0 fully saturated rings. The van der Waals surface area contributed by atoms with E-state index in [1.165, 1.54) is 7.11 Å². The SMILES string of the molecule is COc1c(CC(=O)O)c(C)nn1C(C)(C)C. The molecule has 1 aromatic rings. The highest BCUT2D eigenvalue weighted by Gasteiger charge is 2.25. The van der Waals surface area contributed by atoms with Crippen LogP contribution in [0.4, 0.5) is 0 Å². The van der Waals surface area contributed by atoms with E-state index in [4.69, 9.17) is 9.84 Å². The summed E-state index contributed by atoms with van der Waals surface area (Å²) in [5, 5.41) is 13.2. The van der Waals surface area contributed by atoms with Crippen LogP contribution >= 0.6 is 0 Å². The number of hydrogen-bond donors (Lipinski definition) is 1. The van der Waals surface area contributed by atoms with Crippen LogP contribution in [0.2, 0.25) is 0 Å². The van der Waals surface area contributed by atoms with E-state index in [1.54, 1.807) is 11.6 Å². The molecule has 0 aliphatic rings. The van der Waals surface area contributed by atoms with Gasteiger partial charge in [0.1, 0.15) is 0 Å². The molecule has 1 rings (SSSR count). The Hall–Kier alpha value is -1.52. The van der Waals surface area contributed by atoms with Gasteiger partial charge in [-0.2, -0.15) is 5.10 Å². The van der Waals surface area contributed by atoms with E-state index in [9.17, 15) is 4.79 Å². The Morgan fingerprint density at radius 2 is 2.06 bits per heavy atom. The average molecular weight is 226 g/mol. The summed E-state index contributed by atoms with van der Waals surface area (Å²) in [6.07, 6.45) is -0.0644. The molecule has 0 aliphatic heterocycles. The first-order valence-electron chi connectivity index (χ1n) is 5.12. The predicted molar refractivity (Wildman–Crippen MR) is 59.9 cm³/mol. The van der Waals surface area contributed by atoms with Crippen molar-refractivity contribution in [3.63, 3.8) is 0 Å². The number of ether oxygens (including phenoxy) is 1. The van der Waals surface area contributed by atoms with Gasteiger partial charge >= 0.3 is 5.97 Å². The molecule has 5 heteroatoms. The topological polar surface area (TPSA) is 64.3 Å². The van der Waals surface area contributed by atoms with Gasteiger partial charge in [0.15, 0.2) is 0 Å². The second kappa shape index (κ2) is 4.15. The Balaban J connectivity index is 3.29. The van der Waals surface area contributed by atoms with E-state index in [2.05, 4.69) is 5.10 Å². The van der Waals surface area contributed by atoms with E-state index in [-0.39, 0.29) is 12.0 Å².